The number of fused-ring (bicyclic) bond motifs is 1. The van der Waals surface area contributed by atoms with Gasteiger partial charge in [-0.15, -0.1) is 0 Å². The van der Waals surface area contributed by atoms with E-state index in [0.717, 1.165) is 12.8 Å². The van der Waals surface area contributed by atoms with Crippen molar-refractivity contribution >= 4 is 16.7 Å². The summed E-state index contributed by atoms with van der Waals surface area (Å²) in [7, 11) is 3.05. The lowest BCUT2D eigenvalue weighted by molar-refractivity contribution is 0.0952. The highest BCUT2D eigenvalue weighted by Gasteiger charge is 2.25. The number of rotatable bonds is 5. The Balaban J connectivity index is 2.26. The maximum absolute atomic E-state index is 12.6. The number of carbonyl (C=O) groups excluding carboxylic acids is 1. The fraction of sp³-hybridized carbons (Fsp3) is 0.412. The number of aryl methyl sites for hydroxylation is 1. The van der Waals surface area contributed by atoms with Gasteiger partial charge in [0.05, 0.1) is 25.2 Å². The quantitative estimate of drug-likeness (QED) is 0.915. The molecule has 6 nitrogen and oxygen atoms in total. The molecule has 6 heteroatoms. The van der Waals surface area contributed by atoms with Gasteiger partial charge in [0, 0.05) is 24.2 Å². The molecule has 1 aromatic carbocycles. The second kappa shape index (κ2) is 5.95. The van der Waals surface area contributed by atoms with E-state index in [2.05, 4.69) is 5.32 Å². The van der Waals surface area contributed by atoms with Crippen molar-refractivity contribution in [3.63, 3.8) is 0 Å². The van der Waals surface area contributed by atoms with E-state index in [0.29, 0.717) is 34.4 Å². The fourth-order valence-corrected chi connectivity index (χ4v) is 2.62. The molecule has 0 unspecified atom stereocenters. The number of nitrogens with zero attached hydrogens (tertiary/aromatic N) is 1. The van der Waals surface area contributed by atoms with E-state index in [1.54, 1.807) is 18.3 Å². The van der Waals surface area contributed by atoms with E-state index in [1.165, 1.54) is 18.8 Å². The minimum Gasteiger partial charge on any atom is -0.493 e. The molecule has 1 aromatic heterocycles. The summed E-state index contributed by atoms with van der Waals surface area (Å²) in [5.74, 6) is 0.806. The summed E-state index contributed by atoms with van der Waals surface area (Å²) >= 11 is 0. The molecule has 1 fully saturated rings. The van der Waals surface area contributed by atoms with Crippen LogP contribution in [0.5, 0.6) is 11.5 Å². The van der Waals surface area contributed by atoms with E-state index in [-0.39, 0.29) is 17.5 Å². The number of methoxy groups -OCH3 is 2. The molecular weight excluding hydrogens is 296 g/mol. The van der Waals surface area contributed by atoms with Crippen molar-refractivity contribution in [1.29, 1.82) is 0 Å². The van der Waals surface area contributed by atoms with E-state index >= 15 is 0 Å². The van der Waals surface area contributed by atoms with Crippen molar-refractivity contribution < 1.29 is 14.3 Å². The van der Waals surface area contributed by atoms with Crippen LogP contribution in [0.1, 0.15) is 30.1 Å². The van der Waals surface area contributed by atoms with Crippen LogP contribution in [0.4, 0.5) is 0 Å². The zero-order valence-electron chi connectivity index (χ0n) is 13.5. The highest BCUT2D eigenvalue weighted by Crippen LogP contribution is 2.32. The Morgan fingerprint density at radius 2 is 1.83 bits per heavy atom. The Labute approximate surface area is 134 Å². The third kappa shape index (κ3) is 2.76. The minimum atomic E-state index is -0.160. The van der Waals surface area contributed by atoms with Crippen LogP contribution in [0.3, 0.4) is 0 Å². The predicted molar refractivity (Wildman–Crippen MR) is 87.5 cm³/mol. The average Bonchev–Trinajstić information content (AvgIpc) is 3.37. The monoisotopic (exact) mass is 316 g/mol. The largest absolute Gasteiger partial charge is 0.493 e. The van der Waals surface area contributed by atoms with Gasteiger partial charge in [-0.2, -0.15) is 0 Å². The van der Waals surface area contributed by atoms with Gasteiger partial charge in [0.25, 0.3) is 11.5 Å². The van der Waals surface area contributed by atoms with Gasteiger partial charge in [-0.25, -0.2) is 0 Å². The Morgan fingerprint density at radius 1 is 1.22 bits per heavy atom. The topological polar surface area (TPSA) is 69.6 Å². The zero-order chi connectivity index (χ0) is 16.6. The van der Waals surface area contributed by atoms with Gasteiger partial charge >= 0.3 is 0 Å². The number of pyridine rings is 1. The number of hydrogen-bond donors (Lipinski definition) is 1. The summed E-state index contributed by atoms with van der Waals surface area (Å²) in [5, 5.41) is 4.00. The number of amides is 1. The molecule has 1 amide bonds. The lowest BCUT2D eigenvalue weighted by Crippen LogP contribution is -2.28. The molecule has 2 aromatic rings. The number of ether oxygens (including phenoxy) is 2. The van der Waals surface area contributed by atoms with E-state index in [9.17, 15) is 9.59 Å². The first kappa shape index (κ1) is 15.4. The highest BCUT2D eigenvalue weighted by atomic mass is 16.5. The van der Waals surface area contributed by atoms with Gasteiger partial charge in [-0.1, -0.05) is 0 Å². The van der Waals surface area contributed by atoms with Crippen molar-refractivity contribution in [2.45, 2.75) is 32.4 Å². The lowest BCUT2D eigenvalue weighted by Gasteiger charge is -2.14. The Bertz CT molecular complexity index is 821. The predicted octanol–water partition coefficient (Wildman–Crippen LogP) is 1.93. The zero-order valence-corrected chi connectivity index (χ0v) is 13.5. The second-order valence-corrected chi connectivity index (χ2v) is 5.63. The Morgan fingerprint density at radius 3 is 2.35 bits per heavy atom. The van der Waals surface area contributed by atoms with Crippen LogP contribution in [0.2, 0.25) is 0 Å². The SMILES string of the molecule is CCn1cc(C(=O)NC2CC2)c2cc(OC)c(OC)cc2c1=O. The minimum absolute atomic E-state index is 0.147. The summed E-state index contributed by atoms with van der Waals surface area (Å²) in [6.07, 6.45) is 3.64. The van der Waals surface area contributed by atoms with E-state index < -0.39 is 0 Å². The summed E-state index contributed by atoms with van der Waals surface area (Å²) in [6, 6.07) is 3.58. The maximum Gasteiger partial charge on any atom is 0.258 e. The molecule has 1 heterocycles. The first-order chi connectivity index (χ1) is 11.1. The fourth-order valence-electron chi connectivity index (χ4n) is 2.62. The molecule has 3 rings (SSSR count). The van der Waals surface area contributed by atoms with Gasteiger partial charge in [0.2, 0.25) is 0 Å². The van der Waals surface area contributed by atoms with Crippen LogP contribution >= 0.6 is 0 Å². The van der Waals surface area contributed by atoms with Gasteiger partial charge in [0.1, 0.15) is 0 Å². The molecule has 1 N–H and O–H groups in total. The van der Waals surface area contributed by atoms with Crippen LogP contribution in [-0.4, -0.2) is 30.7 Å². The molecule has 0 radical (unpaired) electrons. The first-order valence-electron chi connectivity index (χ1n) is 7.69. The van der Waals surface area contributed by atoms with Gasteiger partial charge in [-0.05, 0) is 31.9 Å². The number of nitrogens with one attached hydrogen (secondary N) is 1. The molecule has 23 heavy (non-hydrogen) atoms. The third-order valence-electron chi connectivity index (χ3n) is 4.09. The lowest BCUT2D eigenvalue weighted by atomic mass is 10.1. The normalized spacial score (nSPS) is 13.9. The number of benzene rings is 1. The highest BCUT2D eigenvalue weighted by molar-refractivity contribution is 6.07. The second-order valence-electron chi connectivity index (χ2n) is 5.63. The van der Waals surface area contributed by atoms with Crippen molar-refractivity contribution in [3.8, 4) is 11.5 Å². The van der Waals surface area contributed by atoms with Crippen LogP contribution in [0, 0.1) is 0 Å². The number of hydrogen-bond acceptors (Lipinski definition) is 4. The molecular formula is C17H20N2O4. The molecule has 0 spiro atoms. The molecule has 1 saturated carbocycles. The standard InChI is InChI=1S/C17H20N2O4/c1-4-19-9-13(16(20)18-10-5-6-10)11-7-14(22-2)15(23-3)8-12(11)17(19)21/h7-10H,4-6H2,1-3H3,(H,18,20). The number of carbonyl (C=O) groups is 1. The smallest absolute Gasteiger partial charge is 0.258 e. The van der Waals surface area contributed by atoms with Crippen molar-refractivity contribution in [2.75, 3.05) is 14.2 Å². The summed E-state index contributed by atoms with van der Waals surface area (Å²) < 4.78 is 12.1. The Hall–Kier alpha value is -2.50. The Kier molecular flexibility index (Phi) is 3.98. The van der Waals surface area contributed by atoms with Crippen LogP contribution in [-0.2, 0) is 6.54 Å². The van der Waals surface area contributed by atoms with Crippen LogP contribution < -0.4 is 20.3 Å². The van der Waals surface area contributed by atoms with Crippen LogP contribution in [0.15, 0.2) is 23.1 Å². The van der Waals surface area contributed by atoms with Gasteiger partial charge in [0.15, 0.2) is 11.5 Å². The molecule has 1 aliphatic rings. The van der Waals surface area contributed by atoms with Gasteiger partial charge < -0.3 is 19.4 Å². The number of aromatic nitrogens is 1. The van der Waals surface area contributed by atoms with Gasteiger partial charge in [-0.3, -0.25) is 9.59 Å². The van der Waals surface area contributed by atoms with E-state index in [1.807, 2.05) is 6.92 Å². The molecule has 122 valence electrons. The molecule has 0 bridgehead atoms. The molecule has 1 aliphatic carbocycles. The van der Waals surface area contributed by atoms with E-state index in [4.69, 9.17) is 9.47 Å². The molecule has 0 saturated heterocycles. The van der Waals surface area contributed by atoms with Crippen LogP contribution in [0.25, 0.3) is 10.8 Å². The average molecular weight is 316 g/mol. The summed E-state index contributed by atoms with van der Waals surface area (Å²) in [5.41, 5.74) is 0.334. The summed E-state index contributed by atoms with van der Waals surface area (Å²) in [6.45, 7) is 2.36. The van der Waals surface area contributed by atoms with Crippen molar-refractivity contribution in [2.24, 2.45) is 0 Å². The molecule has 0 aliphatic heterocycles. The van der Waals surface area contributed by atoms with Crippen molar-refractivity contribution in [1.82, 2.24) is 9.88 Å². The third-order valence-corrected chi connectivity index (χ3v) is 4.09. The first-order valence-corrected chi connectivity index (χ1v) is 7.69. The summed E-state index contributed by atoms with van der Waals surface area (Å²) in [4.78, 5) is 25.1. The van der Waals surface area contributed by atoms with Crippen molar-refractivity contribution in [3.05, 3.63) is 34.2 Å². The molecule has 0 atom stereocenters. The maximum atomic E-state index is 12.6.